The van der Waals surface area contributed by atoms with Crippen molar-refractivity contribution in [3.8, 4) is 0 Å². The molecule has 2 N–H and O–H groups in total. The van der Waals surface area contributed by atoms with Gasteiger partial charge in [-0.25, -0.2) is 0 Å². The molecule has 0 amide bonds. The number of carboxylic acid groups (broad SMARTS) is 1. The van der Waals surface area contributed by atoms with Gasteiger partial charge in [-0.3, -0.25) is 4.79 Å². The quantitative estimate of drug-likeness (QED) is 0.849. The number of hydrogen-bond donors (Lipinski definition) is 2. The number of hydrogen-bond acceptors (Lipinski definition) is 2. The molecule has 17 heavy (non-hydrogen) atoms. The van der Waals surface area contributed by atoms with Crippen LogP contribution >= 0.6 is 15.9 Å². The lowest BCUT2D eigenvalue weighted by Gasteiger charge is -2.16. The van der Waals surface area contributed by atoms with Gasteiger partial charge in [-0.15, -0.1) is 0 Å². The fourth-order valence-corrected chi connectivity index (χ4v) is 2.08. The molecule has 0 aliphatic carbocycles. The molecule has 0 heterocycles. The lowest BCUT2D eigenvalue weighted by atomic mass is 10.0. The van der Waals surface area contributed by atoms with E-state index >= 15 is 0 Å². The zero-order valence-corrected chi connectivity index (χ0v) is 11.7. The lowest BCUT2D eigenvalue weighted by molar-refractivity contribution is -0.140. The van der Waals surface area contributed by atoms with Gasteiger partial charge < -0.3 is 10.4 Å². The molecule has 0 aliphatic heterocycles. The van der Waals surface area contributed by atoms with Gasteiger partial charge in [-0.2, -0.15) is 0 Å². The van der Waals surface area contributed by atoms with Crippen molar-refractivity contribution in [1.29, 1.82) is 0 Å². The molecule has 0 saturated carbocycles. The summed E-state index contributed by atoms with van der Waals surface area (Å²) in [7, 11) is 0. The Balaban J connectivity index is 2.54. The molecule has 0 unspecified atom stereocenters. The standard InChI is InChI=1S/C13H18BrNO2/c1-9(2)6-12(13(16)17)15-8-10-4-3-5-11(14)7-10/h3-5,7,9,12,15H,6,8H2,1-2H3,(H,16,17)/t12-/m1/s1. The van der Waals surface area contributed by atoms with Crippen LogP contribution in [0.4, 0.5) is 0 Å². The Morgan fingerprint density at radius 2 is 2.18 bits per heavy atom. The molecule has 1 atom stereocenters. The van der Waals surface area contributed by atoms with Crippen molar-refractivity contribution in [3.05, 3.63) is 34.3 Å². The van der Waals surface area contributed by atoms with E-state index in [0.29, 0.717) is 18.9 Å². The SMILES string of the molecule is CC(C)C[C@@H](NCc1cccc(Br)c1)C(=O)O. The smallest absolute Gasteiger partial charge is 0.320 e. The summed E-state index contributed by atoms with van der Waals surface area (Å²) in [6, 6.07) is 7.38. The van der Waals surface area contributed by atoms with Gasteiger partial charge in [0.1, 0.15) is 6.04 Å². The highest BCUT2D eigenvalue weighted by Crippen LogP contribution is 2.12. The van der Waals surface area contributed by atoms with Crippen LogP contribution in [0.3, 0.4) is 0 Å². The van der Waals surface area contributed by atoms with Crippen molar-refractivity contribution < 1.29 is 9.90 Å². The minimum Gasteiger partial charge on any atom is -0.480 e. The van der Waals surface area contributed by atoms with Crippen molar-refractivity contribution in [2.24, 2.45) is 5.92 Å². The maximum Gasteiger partial charge on any atom is 0.320 e. The number of carboxylic acids is 1. The highest BCUT2D eigenvalue weighted by molar-refractivity contribution is 9.10. The van der Waals surface area contributed by atoms with Gasteiger partial charge in [0, 0.05) is 11.0 Å². The molecule has 94 valence electrons. The number of carbonyl (C=O) groups is 1. The van der Waals surface area contributed by atoms with E-state index in [1.807, 2.05) is 38.1 Å². The van der Waals surface area contributed by atoms with Crippen LogP contribution in [0, 0.1) is 5.92 Å². The zero-order valence-electron chi connectivity index (χ0n) is 10.1. The predicted molar refractivity (Wildman–Crippen MR) is 71.9 cm³/mol. The molecule has 0 bridgehead atoms. The van der Waals surface area contributed by atoms with Crippen molar-refractivity contribution in [3.63, 3.8) is 0 Å². The molecule has 0 radical (unpaired) electrons. The predicted octanol–water partition coefficient (Wildman–Crippen LogP) is 3.04. The number of aliphatic carboxylic acids is 1. The van der Waals surface area contributed by atoms with Crippen LogP contribution in [0.5, 0.6) is 0 Å². The van der Waals surface area contributed by atoms with E-state index < -0.39 is 12.0 Å². The van der Waals surface area contributed by atoms with Crippen LogP contribution in [0.2, 0.25) is 0 Å². The molecule has 4 heteroatoms. The van der Waals surface area contributed by atoms with Crippen LogP contribution in [0.15, 0.2) is 28.7 Å². The third-order valence-corrected chi connectivity index (χ3v) is 2.94. The third-order valence-electron chi connectivity index (χ3n) is 2.45. The Hall–Kier alpha value is -0.870. The van der Waals surface area contributed by atoms with Gasteiger partial charge >= 0.3 is 5.97 Å². The van der Waals surface area contributed by atoms with Crippen molar-refractivity contribution in [1.82, 2.24) is 5.32 Å². The van der Waals surface area contributed by atoms with Crippen molar-refractivity contribution in [2.45, 2.75) is 32.9 Å². The maximum absolute atomic E-state index is 11.1. The van der Waals surface area contributed by atoms with Gasteiger partial charge in [0.05, 0.1) is 0 Å². The van der Waals surface area contributed by atoms with Gasteiger partial charge in [0.25, 0.3) is 0 Å². The molecule has 0 aromatic heterocycles. The van der Waals surface area contributed by atoms with Crippen LogP contribution < -0.4 is 5.32 Å². The van der Waals surface area contributed by atoms with E-state index in [4.69, 9.17) is 5.11 Å². The monoisotopic (exact) mass is 299 g/mol. The van der Waals surface area contributed by atoms with E-state index in [2.05, 4.69) is 21.2 Å². The van der Waals surface area contributed by atoms with E-state index in [0.717, 1.165) is 10.0 Å². The van der Waals surface area contributed by atoms with Crippen molar-refractivity contribution in [2.75, 3.05) is 0 Å². The summed E-state index contributed by atoms with van der Waals surface area (Å²) in [5, 5.41) is 12.2. The lowest BCUT2D eigenvalue weighted by Crippen LogP contribution is -2.37. The Bertz CT molecular complexity index is 379. The zero-order chi connectivity index (χ0) is 12.8. The Kier molecular flexibility index (Phi) is 5.65. The molecule has 1 aromatic carbocycles. The van der Waals surface area contributed by atoms with Crippen LogP contribution in [-0.4, -0.2) is 17.1 Å². The summed E-state index contributed by atoms with van der Waals surface area (Å²) in [5.74, 6) is -0.417. The molecule has 0 spiro atoms. The molecule has 0 fully saturated rings. The second-order valence-corrected chi connectivity index (χ2v) is 5.45. The van der Waals surface area contributed by atoms with E-state index in [1.54, 1.807) is 0 Å². The van der Waals surface area contributed by atoms with E-state index in [-0.39, 0.29) is 0 Å². The number of halogens is 1. The fraction of sp³-hybridized carbons (Fsp3) is 0.462. The maximum atomic E-state index is 11.1. The molecule has 1 aromatic rings. The summed E-state index contributed by atoms with van der Waals surface area (Å²) in [6.07, 6.45) is 0.642. The van der Waals surface area contributed by atoms with E-state index in [1.165, 1.54) is 0 Å². The highest BCUT2D eigenvalue weighted by atomic mass is 79.9. The first kappa shape index (κ1) is 14.2. The average molecular weight is 300 g/mol. The minimum atomic E-state index is -0.784. The average Bonchev–Trinajstić information content (AvgIpc) is 2.23. The second-order valence-electron chi connectivity index (χ2n) is 4.53. The van der Waals surface area contributed by atoms with E-state index in [9.17, 15) is 4.79 Å². The van der Waals surface area contributed by atoms with Crippen molar-refractivity contribution >= 4 is 21.9 Å². The number of nitrogens with one attached hydrogen (secondary N) is 1. The summed E-state index contributed by atoms with van der Waals surface area (Å²) < 4.78 is 1.01. The highest BCUT2D eigenvalue weighted by Gasteiger charge is 2.17. The Morgan fingerprint density at radius 1 is 1.47 bits per heavy atom. The largest absolute Gasteiger partial charge is 0.480 e. The first-order chi connectivity index (χ1) is 7.99. The molecular weight excluding hydrogens is 282 g/mol. The number of benzene rings is 1. The second kappa shape index (κ2) is 6.77. The normalized spacial score (nSPS) is 12.7. The van der Waals surface area contributed by atoms with Crippen LogP contribution in [-0.2, 0) is 11.3 Å². The van der Waals surface area contributed by atoms with Gasteiger partial charge in [0.15, 0.2) is 0 Å². The Labute approximate surface area is 110 Å². The van der Waals surface area contributed by atoms with Crippen LogP contribution in [0.25, 0.3) is 0 Å². The summed E-state index contributed by atoms with van der Waals surface area (Å²) in [6.45, 7) is 4.62. The first-order valence-electron chi connectivity index (χ1n) is 5.69. The Morgan fingerprint density at radius 3 is 2.71 bits per heavy atom. The molecule has 0 saturated heterocycles. The van der Waals surface area contributed by atoms with Crippen LogP contribution in [0.1, 0.15) is 25.8 Å². The van der Waals surface area contributed by atoms with Gasteiger partial charge in [-0.1, -0.05) is 41.9 Å². The number of rotatable bonds is 6. The molecule has 0 aliphatic rings. The molecular formula is C13H18BrNO2. The van der Waals surface area contributed by atoms with Gasteiger partial charge in [-0.05, 0) is 30.0 Å². The summed E-state index contributed by atoms with van der Waals surface area (Å²) >= 11 is 3.39. The summed E-state index contributed by atoms with van der Waals surface area (Å²) in [4.78, 5) is 11.1. The third kappa shape index (κ3) is 5.33. The topological polar surface area (TPSA) is 49.3 Å². The summed E-state index contributed by atoms with van der Waals surface area (Å²) in [5.41, 5.74) is 1.08. The fourth-order valence-electron chi connectivity index (χ4n) is 1.63. The van der Waals surface area contributed by atoms with Gasteiger partial charge in [0.2, 0.25) is 0 Å². The molecule has 3 nitrogen and oxygen atoms in total. The minimum absolute atomic E-state index is 0.367. The molecule has 1 rings (SSSR count). The first-order valence-corrected chi connectivity index (χ1v) is 6.49.